The second-order valence-corrected chi connectivity index (χ2v) is 20.4. The van der Waals surface area contributed by atoms with Gasteiger partial charge < -0.3 is 9.47 Å². The van der Waals surface area contributed by atoms with Gasteiger partial charge in [-0.05, 0) is 151 Å². The zero-order valence-electron chi connectivity index (χ0n) is 38.3. The number of fused-ring (bicyclic) bond motifs is 8. The Morgan fingerprint density at radius 3 is 1.82 bits per heavy atom. The number of benzene rings is 9. The van der Waals surface area contributed by atoms with Crippen molar-refractivity contribution in [1.29, 1.82) is 0 Å². The topological polar surface area (TPSA) is 8.17 Å². The highest BCUT2D eigenvalue weighted by atomic mass is 15.1. The molecule has 0 atom stereocenters. The molecule has 0 fully saturated rings. The van der Waals surface area contributed by atoms with Crippen LogP contribution in [0.15, 0.2) is 194 Å². The van der Waals surface area contributed by atoms with E-state index in [0.29, 0.717) is 0 Å². The van der Waals surface area contributed by atoms with Crippen LogP contribution in [0, 0.1) is 0 Å². The lowest BCUT2D eigenvalue weighted by Crippen LogP contribution is -2.34. The summed E-state index contributed by atoms with van der Waals surface area (Å²) in [5, 5.41) is 4.92. The zero-order chi connectivity index (χ0) is 44.2. The first kappa shape index (κ1) is 39.4. The maximum absolute atomic E-state index is 2.59. The van der Waals surface area contributed by atoms with Crippen LogP contribution in [0.1, 0.15) is 76.6 Å². The van der Waals surface area contributed by atoms with Crippen molar-refractivity contribution in [2.75, 3.05) is 4.90 Å². The van der Waals surface area contributed by atoms with E-state index in [-0.39, 0.29) is 16.2 Å². The third-order valence-electron chi connectivity index (χ3n) is 15.2. The number of rotatable bonds is 6. The number of hydrogen-bond donors (Lipinski definition) is 0. The summed E-state index contributed by atoms with van der Waals surface area (Å²) in [6, 6.07) is 72.5. The van der Waals surface area contributed by atoms with Crippen LogP contribution in [0.25, 0.3) is 71.6 Å². The average molecular weight is 839 g/mol. The van der Waals surface area contributed by atoms with Gasteiger partial charge in [0.25, 0.3) is 0 Å². The number of nitrogens with zero attached hydrogens (tertiary/aromatic N) is 2. The fourth-order valence-electron chi connectivity index (χ4n) is 11.6. The van der Waals surface area contributed by atoms with Gasteiger partial charge in [0.15, 0.2) is 0 Å². The molecule has 9 aromatic carbocycles. The Balaban J connectivity index is 1.02. The highest BCUT2D eigenvalue weighted by Crippen LogP contribution is 2.55. The Bertz CT molecular complexity index is 3510. The predicted molar refractivity (Wildman–Crippen MR) is 277 cm³/mol. The van der Waals surface area contributed by atoms with Gasteiger partial charge in [-0.2, -0.15) is 0 Å². The number of para-hydroxylation sites is 3. The van der Waals surface area contributed by atoms with E-state index in [1.807, 2.05) is 0 Å². The van der Waals surface area contributed by atoms with Crippen molar-refractivity contribution < 1.29 is 0 Å². The third kappa shape index (κ3) is 6.14. The first-order chi connectivity index (χ1) is 31.5. The second kappa shape index (κ2) is 14.4. The standard InChI is InChI=1S/C63H54N2/c1-61(2)34-35-62(3,4)57-40-55-52(39-56(57)61)51-37-43(28-32-54(51)63(55,5)6)47-25-17-20-42-36-45(29-31-48(42)47)64(58-26-15-13-23-49(58)41-18-9-7-10-19-41)46-30-33-60-53(38-46)50-24-14-16-27-59(50)65(60)44-21-11-8-12-22-44/h7-33,36-40H,34-35H2,1-6H3. The van der Waals surface area contributed by atoms with Crippen LogP contribution in [0.4, 0.5) is 17.1 Å². The van der Waals surface area contributed by atoms with Gasteiger partial charge in [-0.1, -0.05) is 169 Å². The quantitative estimate of drug-likeness (QED) is 0.162. The molecule has 0 aliphatic heterocycles. The fraction of sp³-hybridized carbons (Fsp3) is 0.175. The molecule has 0 bridgehead atoms. The van der Waals surface area contributed by atoms with Gasteiger partial charge in [0.1, 0.15) is 0 Å². The minimum Gasteiger partial charge on any atom is -0.310 e. The summed E-state index contributed by atoms with van der Waals surface area (Å²) in [6.45, 7) is 14.6. The lowest BCUT2D eigenvalue weighted by atomic mass is 9.62. The van der Waals surface area contributed by atoms with Crippen LogP contribution < -0.4 is 4.90 Å². The summed E-state index contributed by atoms with van der Waals surface area (Å²) in [6.07, 6.45) is 2.43. The molecule has 2 nitrogen and oxygen atoms in total. The Hall–Kier alpha value is -7.16. The maximum Gasteiger partial charge on any atom is 0.0542 e. The Kier molecular flexibility index (Phi) is 8.75. The van der Waals surface area contributed by atoms with E-state index in [0.717, 1.165) is 22.7 Å². The van der Waals surface area contributed by atoms with E-state index in [1.54, 1.807) is 0 Å². The van der Waals surface area contributed by atoms with Crippen molar-refractivity contribution in [2.45, 2.75) is 70.6 Å². The summed E-state index contributed by atoms with van der Waals surface area (Å²) in [7, 11) is 0. The molecule has 1 heterocycles. The van der Waals surface area contributed by atoms with Crippen LogP contribution >= 0.6 is 0 Å². The predicted octanol–water partition coefficient (Wildman–Crippen LogP) is 17.4. The van der Waals surface area contributed by atoms with E-state index in [1.165, 1.54) is 101 Å². The van der Waals surface area contributed by atoms with Gasteiger partial charge in [0, 0.05) is 38.8 Å². The lowest BCUT2D eigenvalue weighted by molar-refractivity contribution is 0.331. The summed E-state index contributed by atoms with van der Waals surface area (Å²) in [5.74, 6) is 0. The van der Waals surface area contributed by atoms with Gasteiger partial charge in [0.2, 0.25) is 0 Å². The van der Waals surface area contributed by atoms with Crippen molar-refractivity contribution in [3.63, 3.8) is 0 Å². The highest BCUT2D eigenvalue weighted by molar-refractivity contribution is 6.11. The molecule has 0 radical (unpaired) electrons. The Morgan fingerprint density at radius 2 is 1.02 bits per heavy atom. The Labute approximate surface area is 383 Å². The van der Waals surface area contributed by atoms with Crippen molar-refractivity contribution in [2.24, 2.45) is 0 Å². The molecule has 0 saturated heterocycles. The average Bonchev–Trinajstić information content (AvgIpc) is 3.78. The summed E-state index contributed by atoms with van der Waals surface area (Å²) >= 11 is 0. The van der Waals surface area contributed by atoms with E-state index >= 15 is 0 Å². The van der Waals surface area contributed by atoms with Crippen molar-refractivity contribution in [3.8, 4) is 39.1 Å². The smallest absolute Gasteiger partial charge is 0.0542 e. The second-order valence-electron chi connectivity index (χ2n) is 20.4. The first-order valence-corrected chi connectivity index (χ1v) is 23.4. The summed E-state index contributed by atoms with van der Waals surface area (Å²) in [5.41, 5.74) is 20.8. The van der Waals surface area contributed by atoms with Gasteiger partial charge in [-0.25, -0.2) is 0 Å². The molecule has 0 spiro atoms. The number of hydrogen-bond acceptors (Lipinski definition) is 1. The van der Waals surface area contributed by atoms with E-state index in [4.69, 9.17) is 0 Å². The molecule has 12 rings (SSSR count). The number of aromatic nitrogens is 1. The fourth-order valence-corrected chi connectivity index (χ4v) is 11.6. The SMILES string of the molecule is CC1(C)CCC(C)(C)c2cc3c(cc21)-c1cc(-c2cccc4cc(N(c5ccc6c(c5)c5ccccc5n6-c5ccccc5)c5ccccc5-c5ccccc5)ccc24)ccc1C3(C)C. The van der Waals surface area contributed by atoms with E-state index in [2.05, 4.69) is 245 Å². The molecular formula is C63H54N2. The van der Waals surface area contributed by atoms with Crippen LogP contribution in [0.2, 0.25) is 0 Å². The van der Waals surface area contributed by atoms with Crippen LogP contribution in [0.5, 0.6) is 0 Å². The highest BCUT2D eigenvalue weighted by Gasteiger charge is 2.42. The van der Waals surface area contributed by atoms with E-state index < -0.39 is 0 Å². The van der Waals surface area contributed by atoms with Gasteiger partial charge in [0.05, 0.1) is 16.7 Å². The molecule has 0 N–H and O–H groups in total. The number of anilines is 3. The van der Waals surface area contributed by atoms with Crippen molar-refractivity contribution >= 4 is 49.6 Å². The van der Waals surface area contributed by atoms with Crippen LogP contribution in [-0.4, -0.2) is 4.57 Å². The van der Waals surface area contributed by atoms with Crippen molar-refractivity contribution in [1.82, 2.24) is 4.57 Å². The molecule has 2 aliphatic carbocycles. The minimum atomic E-state index is -0.0669. The van der Waals surface area contributed by atoms with Gasteiger partial charge in [-0.15, -0.1) is 0 Å². The molecular weight excluding hydrogens is 785 g/mol. The molecule has 65 heavy (non-hydrogen) atoms. The molecule has 0 amide bonds. The minimum absolute atomic E-state index is 0.0669. The van der Waals surface area contributed by atoms with Gasteiger partial charge >= 0.3 is 0 Å². The molecule has 316 valence electrons. The normalized spacial score (nSPS) is 15.5. The van der Waals surface area contributed by atoms with Crippen molar-refractivity contribution in [3.05, 3.63) is 216 Å². The largest absolute Gasteiger partial charge is 0.310 e. The molecule has 2 heteroatoms. The molecule has 2 aliphatic rings. The van der Waals surface area contributed by atoms with Crippen LogP contribution in [0.3, 0.4) is 0 Å². The molecule has 1 aromatic heterocycles. The van der Waals surface area contributed by atoms with Crippen LogP contribution in [-0.2, 0) is 16.2 Å². The first-order valence-electron chi connectivity index (χ1n) is 23.4. The monoisotopic (exact) mass is 838 g/mol. The van der Waals surface area contributed by atoms with Gasteiger partial charge in [-0.3, -0.25) is 0 Å². The Morgan fingerprint density at radius 1 is 0.385 bits per heavy atom. The molecule has 10 aromatic rings. The zero-order valence-corrected chi connectivity index (χ0v) is 38.3. The van der Waals surface area contributed by atoms with E-state index in [9.17, 15) is 0 Å². The maximum atomic E-state index is 2.59. The summed E-state index contributed by atoms with van der Waals surface area (Å²) in [4.78, 5) is 2.46. The molecule has 0 saturated carbocycles. The lowest BCUT2D eigenvalue weighted by Gasteiger charge is -2.42. The molecule has 0 unspecified atom stereocenters. The third-order valence-corrected chi connectivity index (χ3v) is 15.2. The summed E-state index contributed by atoms with van der Waals surface area (Å²) < 4.78 is 2.39.